The van der Waals surface area contributed by atoms with Crippen molar-refractivity contribution < 1.29 is 37.0 Å². The summed E-state index contributed by atoms with van der Waals surface area (Å²) in [7, 11) is 0. The maximum absolute atomic E-state index is 14.4. The van der Waals surface area contributed by atoms with Crippen molar-refractivity contribution in [1.29, 1.82) is 0 Å². The van der Waals surface area contributed by atoms with Crippen LogP contribution in [0.15, 0.2) is 29.5 Å². The molecule has 38 heavy (non-hydrogen) atoms. The van der Waals surface area contributed by atoms with Crippen molar-refractivity contribution in [3.05, 3.63) is 70.2 Å². The van der Waals surface area contributed by atoms with Crippen molar-refractivity contribution in [2.75, 3.05) is 13.1 Å². The number of carbonyl (C=O) groups excluding carboxylic acids is 1. The molecule has 1 saturated heterocycles. The summed E-state index contributed by atoms with van der Waals surface area (Å²) in [5.41, 5.74) is 0.245. The number of hydrazone groups is 1. The smallest absolute Gasteiger partial charge is 0.341 e. The number of pyridine rings is 1. The lowest BCUT2D eigenvalue weighted by atomic mass is 10.0. The number of nitrogens with zero attached hydrogens (tertiary/aromatic N) is 6. The number of carboxylic acids is 1. The van der Waals surface area contributed by atoms with Gasteiger partial charge in [-0.25, -0.2) is 41.8 Å². The minimum absolute atomic E-state index is 0.00970. The van der Waals surface area contributed by atoms with Gasteiger partial charge in [0.2, 0.25) is 0 Å². The highest BCUT2D eigenvalue weighted by Gasteiger charge is 2.40. The Morgan fingerprint density at radius 3 is 2.50 bits per heavy atom. The third-order valence-electron chi connectivity index (χ3n) is 6.35. The highest BCUT2D eigenvalue weighted by molar-refractivity contribution is 5.90. The first-order valence-electron chi connectivity index (χ1n) is 11.4. The molecule has 5 rings (SSSR count). The predicted molar refractivity (Wildman–Crippen MR) is 123 cm³/mol. The number of aromatic carboxylic acids is 1. The molecule has 4 heterocycles. The molecule has 14 heteroatoms. The summed E-state index contributed by atoms with van der Waals surface area (Å²) in [4.78, 5) is 29.7. The molecule has 2 amide bonds. The van der Waals surface area contributed by atoms with Crippen LogP contribution >= 0.6 is 0 Å². The molecule has 1 atom stereocenters. The number of hydrogen-bond donors (Lipinski definition) is 1. The Bertz CT molecular complexity index is 1490. The molecular formula is C24H20F4N6O4. The van der Waals surface area contributed by atoms with E-state index in [4.69, 9.17) is 4.74 Å². The van der Waals surface area contributed by atoms with Crippen molar-refractivity contribution in [2.45, 2.75) is 32.4 Å². The minimum atomic E-state index is -1.37. The monoisotopic (exact) mass is 532 g/mol. The molecule has 3 aromatic rings. The number of aromatic nitrogens is 3. The number of amides is 2. The van der Waals surface area contributed by atoms with E-state index in [9.17, 15) is 32.3 Å². The number of carboxylic acid groups (broad SMARTS) is 1. The summed E-state index contributed by atoms with van der Waals surface area (Å²) in [5, 5.41) is 18.4. The second kappa shape index (κ2) is 9.43. The van der Waals surface area contributed by atoms with E-state index in [0.717, 1.165) is 17.3 Å². The number of aryl methyl sites for hydroxylation is 1. The van der Waals surface area contributed by atoms with Crippen molar-refractivity contribution >= 4 is 18.2 Å². The number of halogens is 4. The molecule has 10 nitrogen and oxygen atoms in total. The zero-order chi connectivity index (χ0) is 27.3. The van der Waals surface area contributed by atoms with Crippen LogP contribution in [0.4, 0.5) is 22.4 Å². The number of carbonyl (C=O) groups is 2. The van der Waals surface area contributed by atoms with Crippen molar-refractivity contribution in [2.24, 2.45) is 5.10 Å². The van der Waals surface area contributed by atoms with E-state index in [0.29, 0.717) is 11.8 Å². The number of ether oxygens (including phenoxy) is 1. The molecule has 198 valence electrons. The van der Waals surface area contributed by atoms with Gasteiger partial charge in [0.1, 0.15) is 17.5 Å². The Morgan fingerprint density at radius 1 is 1.08 bits per heavy atom. The molecule has 1 unspecified atom stereocenters. The summed E-state index contributed by atoms with van der Waals surface area (Å²) < 4.78 is 63.1. The number of benzene rings is 1. The van der Waals surface area contributed by atoms with Gasteiger partial charge >= 0.3 is 12.0 Å². The van der Waals surface area contributed by atoms with Crippen LogP contribution < -0.4 is 4.74 Å². The van der Waals surface area contributed by atoms with E-state index in [1.165, 1.54) is 28.8 Å². The second-order valence-corrected chi connectivity index (χ2v) is 8.85. The lowest BCUT2D eigenvalue weighted by molar-refractivity contribution is 0.0254. The Balaban J connectivity index is 1.27. The van der Waals surface area contributed by atoms with E-state index in [2.05, 4.69) is 15.2 Å². The number of urea groups is 1. The molecule has 1 aromatic carbocycles. The van der Waals surface area contributed by atoms with E-state index < -0.39 is 47.4 Å². The van der Waals surface area contributed by atoms with Gasteiger partial charge in [-0.1, -0.05) is 0 Å². The van der Waals surface area contributed by atoms with Gasteiger partial charge in [0.05, 0.1) is 36.7 Å². The van der Waals surface area contributed by atoms with Crippen molar-refractivity contribution in [3.63, 3.8) is 0 Å². The molecule has 0 radical (unpaired) electrons. The maximum Gasteiger partial charge on any atom is 0.341 e. The molecule has 0 spiro atoms. The van der Waals surface area contributed by atoms with Gasteiger partial charge in [-0.05, 0) is 19.9 Å². The highest BCUT2D eigenvalue weighted by atomic mass is 19.2. The quantitative estimate of drug-likeness (QED) is 0.396. The lowest BCUT2D eigenvalue weighted by Gasteiger charge is -2.41. The molecule has 2 aliphatic heterocycles. The molecular weight excluding hydrogens is 512 g/mol. The third-order valence-corrected chi connectivity index (χ3v) is 6.35. The third kappa shape index (κ3) is 4.31. The summed E-state index contributed by atoms with van der Waals surface area (Å²) in [5.74, 6) is -5.56. The maximum atomic E-state index is 14.4. The largest absolute Gasteiger partial charge is 0.483 e. The van der Waals surface area contributed by atoms with Gasteiger partial charge in [-0.3, -0.25) is 0 Å². The molecule has 2 aromatic heterocycles. The first kappa shape index (κ1) is 25.2. The van der Waals surface area contributed by atoms with Crippen LogP contribution in [0.2, 0.25) is 0 Å². The summed E-state index contributed by atoms with van der Waals surface area (Å²) in [6.07, 6.45) is 1.73. The fourth-order valence-electron chi connectivity index (χ4n) is 4.46. The van der Waals surface area contributed by atoms with Crippen LogP contribution in [-0.2, 0) is 0 Å². The zero-order valence-electron chi connectivity index (χ0n) is 20.0. The molecule has 2 aliphatic rings. The number of likely N-dealkylation sites (tertiary alicyclic amines) is 1. The average Bonchev–Trinajstić information content (AvgIpc) is 3.43. The first-order valence-corrected chi connectivity index (χ1v) is 11.4. The fraction of sp³-hybridized carbons (Fsp3) is 0.292. The van der Waals surface area contributed by atoms with Gasteiger partial charge in [0, 0.05) is 30.3 Å². The van der Waals surface area contributed by atoms with Crippen LogP contribution in [0, 0.1) is 37.1 Å². The molecule has 1 fully saturated rings. The van der Waals surface area contributed by atoms with Crippen molar-refractivity contribution in [3.8, 4) is 11.6 Å². The molecule has 0 bridgehead atoms. The highest BCUT2D eigenvalue weighted by Crippen LogP contribution is 2.34. The molecule has 1 N–H and O–H groups in total. The fourth-order valence-corrected chi connectivity index (χ4v) is 4.46. The van der Waals surface area contributed by atoms with E-state index in [-0.39, 0.29) is 47.9 Å². The zero-order valence-corrected chi connectivity index (χ0v) is 20.0. The number of rotatable bonds is 5. The van der Waals surface area contributed by atoms with Gasteiger partial charge in [-0.15, -0.1) is 0 Å². The Morgan fingerprint density at radius 2 is 1.82 bits per heavy atom. The SMILES string of the molecule is Cc1nn(-c2cc(OC3CN(C(=O)N4N=CCC4c4cc(F)cc(F)c4F)C3)c(F)cn2)c(C)c1C(=O)O. The van der Waals surface area contributed by atoms with Gasteiger partial charge in [0.15, 0.2) is 29.0 Å². The Hall–Kier alpha value is -4.49. The molecule has 0 aliphatic carbocycles. The Kier molecular flexibility index (Phi) is 6.25. The summed E-state index contributed by atoms with van der Waals surface area (Å²) in [6, 6.07) is 0.859. The van der Waals surface area contributed by atoms with E-state index in [1.807, 2.05) is 0 Å². The minimum Gasteiger partial charge on any atom is -0.483 e. The van der Waals surface area contributed by atoms with Crippen LogP contribution in [0.25, 0.3) is 5.82 Å². The summed E-state index contributed by atoms with van der Waals surface area (Å²) in [6.45, 7) is 3.15. The van der Waals surface area contributed by atoms with Crippen LogP contribution in [0.1, 0.15) is 39.8 Å². The van der Waals surface area contributed by atoms with Crippen molar-refractivity contribution in [1.82, 2.24) is 24.7 Å². The average molecular weight is 532 g/mol. The lowest BCUT2D eigenvalue weighted by Crippen LogP contribution is -2.59. The summed E-state index contributed by atoms with van der Waals surface area (Å²) >= 11 is 0. The van der Waals surface area contributed by atoms with Crippen LogP contribution in [0.3, 0.4) is 0 Å². The van der Waals surface area contributed by atoms with Crippen LogP contribution in [0.5, 0.6) is 5.75 Å². The van der Waals surface area contributed by atoms with E-state index >= 15 is 0 Å². The van der Waals surface area contributed by atoms with Gasteiger partial charge in [-0.2, -0.15) is 10.2 Å². The topological polar surface area (TPSA) is 113 Å². The van der Waals surface area contributed by atoms with Gasteiger partial charge in [0.25, 0.3) is 0 Å². The first-order chi connectivity index (χ1) is 18.0. The standard InChI is InChI=1S/C24H20F4N6O4/c1-11-21(23(35)36)12(2)33(31-11)20-7-19(17(27)8-29-20)38-14-9-32(10-14)24(37)34-18(3-4-30-34)15-5-13(25)6-16(26)22(15)28/h4-8,14,18H,3,9-10H2,1-2H3,(H,35,36). The van der Waals surface area contributed by atoms with Gasteiger partial charge < -0.3 is 14.7 Å². The second-order valence-electron chi connectivity index (χ2n) is 8.85. The molecule has 0 saturated carbocycles. The Labute approximate surface area is 212 Å². The number of hydrogen-bond acceptors (Lipinski definition) is 6. The normalized spacial score (nSPS) is 17.2. The van der Waals surface area contributed by atoms with Crippen LogP contribution in [-0.4, -0.2) is 67.2 Å². The van der Waals surface area contributed by atoms with E-state index in [1.54, 1.807) is 6.92 Å². The predicted octanol–water partition coefficient (Wildman–Crippen LogP) is 3.75.